The Balaban J connectivity index is 1.89. The molecule has 35 heavy (non-hydrogen) atoms. The highest BCUT2D eigenvalue weighted by atomic mass is 16.5. The molecule has 3 aromatic carbocycles. The highest BCUT2D eigenvalue weighted by Gasteiger charge is 2.47. The summed E-state index contributed by atoms with van der Waals surface area (Å²) >= 11 is 0. The topological polar surface area (TPSA) is 87.1 Å². The van der Waals surface area contributed by atoms with Crippen molar-refractivity contribution in [3.05, 3.63) is 94.1 Å². The molecule has 1 unspecified atom stereocenters. The van der Waals surface area contributed by atoms with Gasteiger partial charge in [-0.25, -0.2) is 0 Å². The van der Waals surface area contributed by atoms with Crippen LogP contribution in [0, 0.1) is 20.8 Å². The zero-order chi connectivity index (χ0) is 25.3. The van der Waals surface area contributed by atoms with Crippen LogP contribution in [0.2, 0.25) is 0 Å². The van der Waals surface area contributed by atoms with Crippen LogP contribution in [-0.4, -0.2) is 28.5 Å². The van der Waals surface area contributed by atoms with Crippen LogP contribution >= 0.6 is 0 Å². The number of carbonyl (C=O) groups is 2. The Kier molecular flexibility index (Phi) is 6.65. The summed E-state index contributed by atoms with van der Waals surface area (Å²) in [5.74, 6) is -0.957. The largest absolute Gasteiger partial charge is 0.508 e. The average molecular weight is 472 g/mol. The SMILES string of the molecule is CCCOc1ccc(/C(O)=C2/C(=O)C(=O)N(c3cc(C)cc(C)c3)C2c2ccc(O)cc2)cc1C. The van der Waals surface area contributed by atoms with Gasteiger partial charge >= 0.3 is 0 Å². The van der Waals surface area contributed by atoms with E-state index in [0.717, 1.165) is 23.1 Å². The third-order valence-corrected chi connectivity index (χ3v) is 6.05. The van der Waals surface area contributed by atoms with E-state index in [1.165, 1.54) is 17.0 Å². The molecule has 0 bridgehead atoms. The van der Waals surface area contributed by atoms with Gasteiger partial charge in [-0.2, -0.15) is 0 Å². The number of aryl methyl sites for hydroxylation is 3. The number of Topliss-reactive ketones (excluding diaryl/α,β-unsaturated/α-hetero) is 1. The first-order valence-electron chi connectivity index (χ1n) is 11.6. The molecule has 0 aromatic heterocycles. The van der Waals surface area contributed by atoms with Gasteiger partial charge in [-0.1, -0.05) is 25.1 Å². The van der Waals surface area contributed by atoms with Gasteiger partial charge in [-0.05, 0) is 91.9 Å². The molecular weight excluding hydrogens is 442 g/mol. The summed E-state index contributed by atoms with van der Waals surface area (Å²) < 4.78 is 5.73. The lowest BCUT2D eigenvalue weighted by molar-refractivity contribution is -0.132. The number of hydrogen-bond acceptors (Lipinski definition) is 5. The van der Waals surface area contributed by atoms with E-state index in [2.05, 4.69) is 0 Å². The molecule has 1 saturated heterocycles. The summed E-state index contributed by atoms with van der Waals surface area (Å²) in [5, 5.41) is 21.2. The molecule has 1 atom stereocenters. The van der Waals surface area contributed by atoms with Crippen molar-refractivity contribution in [3.63, 3.8) is 0 Å². The maximum atomic E-state index is 13.3. The van der Waals surface area contributed by atoms with Crippen molar-refractivity contribution >= 4 is 23.1 Å². The van der Waals surface area contributed by atoms with Gasteiger partial charge in [0.2, 0.25) is 0 Å². The number of ether oxygens (including phenoxy) is 1. The van der Waals surface area contributed by atoms with Crippen molar-refractivity contribution in [3.8, 4) is 11.5 Å². The Hall–Kier alpha value is -4.06. The lowest BCUT2D eigenvalue weighted by Gasteiger charge is -2.26. The molecule has 6 heteroatoms. The van der Waals surface area contributed by atoms with E-state index in [1.807, 2.05) is 45.9 Å². The predicted molar refractivity (Wildman–Crippen MR) is 136 cm³/mol. The summed E-state index contributed by atoms with van der Waals surface area (Å²) in [6.45, 7) is 8.32. The average Bonchev–Trinajstić information content (AvgIpc) is 3.08. The molecule has 1 aliphatic heterocycles. The van der Waals surface area contributed by atoms with Gasteiger partial charge in [0.05, 0.1) is 18.2 Å². The van der Waals surface area contributed by atoms with Gasteiger partial charge in [-0.3, -0.25) is 14.5 Å². The highest BCUT2D eigenvalue weighted by Crippen LogP contribution is 2.43. The van der Waals surface area contributed by atoms with E-state index in [-0.39, 0.29) is 17.1 Å². The van der Waals surface area contributed by atoms with E-state index in [9.17, 15) is 19.8 Å². The molecule has 1 heterocycles. The number of phenols is 1. The zero-order valence-electron chi connectivity index (χ0n) is 20.3. The van der Waals surface area contributed by atoms with Crippen LogP contribution in [0.25, 0.3) is 5.76 Å². The van der Waals surface area contributed by atoms with Crippen LogP contribution < -0.4 is 9.64 Å². The molecule has 4 rings (SSSR count). The standard InChI is InChI=1S/C29H29NO5/c1-5-12-35-24-11-8-21(16-19(24)4)27(32)25-26(20-6-9-23(31)10-7-20)30(29(34)28(25)33)22-14-17(2)13-18(3)15-22/h6-11,13-16,26,31-32H,5,12H2,1-4H3/b27-25-. The zero-order valence-corrected chi connectivity index (χ0v) is 20.3. The number of aliphatic hydroxyl groups is 1. The Bertz CT molecular complexity index is 1300. The minimum Gasteiger partial charge on any atom is -0.508 e. The lowest BCUT2D eigenvalue weighted by atomic mass is 9.94. The fraction of sp³-hybridized carbons (Fsp3) is 0.241. The third kappa shape index (κ3) is 4.64. The van der Waals surface area contributed by atoms with Crippen molar-refractivity contribution in [1.82, 2.24) is 0 Å². The van der Waals surface area contributed by atoms with E-state index >= 15 is 0 Å². The minimum atomic E-state index is -0.854. The molecule has 180 valence electrons. The number of benzene rings is 3. The maximum Gasteiger partial charge on any atom is 0.300 e. The second kappa shape index (κ2) is 9.66. The van der Waals surface area contributed by atoms with Crippen molar-refractivity contribution < 1.29 is 24.5 Å². The summed E-state index contributed by atoms with van der Waals surface area (Å²) in [6.07, 6.45) is 0.871. The second-order valence-corrected chi connectivity index (χ2v) is 8.94. The number of rotatable bonds is 6. The molecule has 3 aromatic rings. The van der Waals surface area contributed by atoms with Crippen molar-refractivity contribution in [2.24, 2.45) is 0 Å². The minimum absolute atomic E-state index is 0.00137. The Morgan fingerprint density at radius 3 is 2.20 bits per heavy atom. The summed E-state index contributed by atoms with van der Waals surface area (Å²) in [7, 11) is 0. The number of amides is 1. The number of hydrogen-bond donors (Lipinski definition) is 2. The first-order chi connectivity index (χ1) is 16.7. The van der Waals surface area contributed by atoms with Gasteiger partial charge in [0.15, 0.2) is 0 Å². The number of nitrogens with zero attached hydrogens (tertiary/aromatic N) is 1. The van der Waals surface area contributed by atoms with E-state index < -0.39 is 17.7 Å². The summed E-state index contributed by atoms with van der Waals surface area (Å²) in [5.41, 5.74) is 4.31. The van der Waals surface area contributed by atoms with Gasteiger partial charge in [-0.15, -0.1) is 0 Å². The maximum absolute atomic E-state index is 13.3. The Labute approximate surface area is 205 Å². The third-order valence-electron chi connectivity index (χ3n) is 6.05. The molecule has 0 radical (unpaired) electrons. The fourth-order valence-corrected chi connectivity index (χ4v) is 4.49. The van der Waals surface area contributed by atoms with Gasteiger partial charge in [0, 0.05) is 11.3 Å². The van der Waals surface area contributed by atoms with Crippen LogP contribution in [0.5, 0.6) is 11.5 Å². The van der Waals surface area contributed by atoms with Gasteiger partial charge < -0.3 is 14.9 Å². The van der Waals surface area contributed by atoms with Crippen molar-refractivity contribution in [2.45, 2.75) is 40.2 Å². The molecule has 1 amide bonds. The van der Waals surface area contributed by atoms with E-state index in [4.69, 9.17) is 4.74 Å². The molecule has 0 aliphatic carbocycles. The van der Waals surface area contributed by atoms with Crippen molar-refractivity contribution in [2.75, 3.05) is 11.5 Å². The highest BCUT2D eigenvalue weighted by molar-refractivity contribution is 6.51. The molecule has 1 fully saturated rings. The molecule has 0 saturated carbocycles. The first-order valence-corrected chi connectivity index (χ1v) is 11.6. The van der Waals surface area contributed by atoms with Crippen LogP contribution in [0.3, 0.4) is 0 Å². The number of carbonyl (C=O) groups excluding carboxylic acids is 2. The van der Waals surface area contributed by atoms with Crippen LogP contribution in [0.1, 0.15) is 47.2 Å². The smallest absolute Gasteiger partial charge is 0.300 e. The van der Waals surface area contributed by atoms with Gasteiger partial charge in [0.1, 0.15) is 17.3 Å². The number of anilines is 1. The molecular formula is C29H29NO5. The summed E-state index contributed by atoms with van der Waals surface area (Å²) in [6, 6.07) is 16.3. The van der Waals surface area contributed by atoms with E-state index in [0.29, 0.717) is 29.2 Å². The number of ketones is 1. The molecule has 6 nitrogen and oxygen atoms in total. The van der Waals surface area contributed by atoms with Crippen LogP contribution in [-0.2, 0) is 9.59 Å². The lowest BCUT2D eigenvalue weighted by Crippen LogP contribution is -2.29. The van der Waals surface area contributed by atoms with Gasteiger partial charge in [0.25, 0.3) is 11.7 Å². The Morgan fingerprint density at radius 2 is 1.60 bits per heavy atom. The molecule has 1 aliphatic rings. The monoisotopic (exact) mass is 471 g/mol. The molecule has 2 N–H and O–H groups in total. The number of phenolic OH excluding ortho intramolecular Hbond substituents is 1. The van der Waals surface area contributed by atoms with Crippen LogP contribution in [0.4, 0.5) is 5.69 Å². The quantitative estimate of drug-likeness (QED) is 0.272. The van der Waals surface area contributed by atoms with Crippen LogP contribution in [0.15, 0.2) is 66.2 Å². The summed E-state index contributed by atoms with van der Waals surface area (Å²) in [4.78, 5) is 28.1. The fourth-order valence-electron chi connectivity index (χ4n) is 4.49. The molecule has 0 spiro atoms. The van der Waals surface area contributed by atoms with Crippen molar-refractivity contribution in [1.29, 1.82) is 0 Å². The number of aliphatic hydroxyl groups excluding tert-OH is 1. The van der Waals surface area contributed by atoms with E-state index in [1.54, 1.807) is 30.3 Å². The predicted octanol–water partition coefficient (Wildman–Crippen LogP) is 5.73. The second-order valence-electron chi connectivity index (χ2n) is 8.94. The normalized spacial score (nSPS) is 17.1. The first kappa shape index (κ1) is 24.1. The number of aromatic hydroxyl groups is 1. The Morgan fingerprint density at radius 1 is 0.943 bits per heavy atom.